The van der Waals surface area contributed by atoms with E-state index in [4.69, 9.17) is 19.3 Å². The number of ether oxygens (including phenoxy) is 3. The lowest BCUT2D eigenvalue weighted by molar-refractivity contribution is 0.0287. The molecule has 1 fully saturated rings. The molecule has 0 bridgehead atoms. The van der Waals surface area contributed by atoms with Gasteiger partial charge in [0.15, 0.2) is 0 Å². The summed E-state index contributed by atoms with van der Waals surface area (Å²) in [5.41, 5.74) is 0. The molecule has 2 atom stereocenters. The van der Waals surface area contributed by atoms with Gasteiger partial charge < -0.3 is 19.3 Å². The molecule has 0 aliphatic carbocycles. The molecule has 1 aliphatic rings. The predicted octanol–water partition coefficient (Wildman–Crippen LogP) is -0.201. The van der Waals surface area contributed by atoms with Crippen LogP contribution in [0.2, 0.25) is 0 Å². The first kappa shape index (κ1) is 9.92. The quantitative estimate of drug-likeness (QED) is 0.431. The molecule has 1 heterocycles. The minimum atomic E-state index is 0.0722. The number of hydrogen-bond acceptors (Lipinski definition) is 4. The van der Waals surface area contributed by atoms with Crippen molar-refractivity contribution >= 4 is 0 Å². The standard InChI is InChI=1S/C8H16O4/c1-7-8(12-7)6-11-5-4-10-3-2-9/h7-9H,2-6H2,1H3. The van der Waals surface area contributed by atoms with Crippen LogP contribution in [0.5, 0.6) is 0 Å². The molecule has 0 aromatic heterocycles. The van der Waals surface area contributed by atoms with Gasteiger partial charge in [0.2, 0.25) is 0 Å². The van der Waals surface area contributed by atoms with Gasteiger partial charge in [0, 0.05) is 0 Å². The number of epoxide rings is 1. The molecule has 0 saturated carbocycles. The summed E-state index contributed by atoms with van der Waals surface area (Å²) in [6, 6.07) is 0. The van der Waals surface area contributed by atoms with E-state index < -0.39 is 0 Å². The summed E-state index contributed by atoms with van der Waals surface area (Å²) in [5.74, 6) is 0. The number of rotatable bonds is 7. The Morgan fingerprint density at radius 2 is 1.92 bits per heavy atom. The highest BCUT2D eigenvalue weighted by Gasteiger charge is 2.33. The van der Waals surface area contributed by atoms with E-state index in [1.54, 1.807) is 0 Å². The SMILES string of the molecule is CC1OC1COCCOCCO. The van der Waals surface area contributed by atoms with Crippen LogP contribution in [0.25, 0.3) is 0 Å². The van der Waals surface area contributed by atoms with Crippen LogP contribution in [0, 0.1) is 0 Å². The number of aliphatic hydroxyl groups excluding tert-OH is 1. The number of hydrogen-bond donors (Lipinski definition) is 1. The third-order valence-corrected chi connectivity index (χ3v) is 1.73. The van der Waals surface area contributed by atoms with Crippen LogP contribution in [-0.4, -0.2) is 50.3 Å². The monoisotopic (exact) mass is 176 g/mol. The lowest BCUT2D eigenvalue weighted by atomic mass is 10.4. The highest BCUT2D eigenvalue weighted by Crippen LogP contribution is 2.20. The number of aliphatic hydroxyl groups is 1. The molecule has 0 radical (unpaired) electrons. The summed E-state index contributed by atoms with van der Waals surface area (Å²) in [4.78, 5) is 0. The maximum Gasteiger partial charge on any atom is 0.107 e. The van der Waals surface area contributed by atoms with Crippen LogP contribution in [0.3, 0.4) is 0 Å². The summed E-state index contributed by atoms with van der Waals surface area (Å²) in [5, 5.41) is 8.37. The Balaban J connectivity index is 1.72. The van der Waals surface area contributed by atoms with Gasteiger partial charge in [-0.05, 0) is 6.92 Å². The third kappa shape index (κ3) is 4.01. The van der Waals surface area contributed by atoms with Crippen molar-refractivity contribution in [2.24, 2.45) is 0 Å². The highest BCUT2D eigenvalue weighted by molar-refractivity contribution is 4.79. The first-order chi connectivity index (χ1) is 5.84. The second-order valence-corrected chi connectivity index (χ2v) is 2.79. The van der Waals surface area contributed by atoms with E-state index >= 15 is 0 Å². The average Bonchev–Trinajstić information content (AvgIpc) is 2.74. The Bertz CT molecular complexity index is 118. The lowest BCUT2D eigenvalue weighted by Gasteiger charge is -2.02. The van der Waals surface area contributed by atoms with Crippen molar-refractivity contribution in [1.82, 2.24) is 0 Å². The van der Waals surface area contributed by atoms with E-state index in [-0.39, 0.29) is 6.61 Å². The molecule has 0 aromatic rings. The van der Waals surface area contributed by atoms with Crippen LogP contribution in [0.15, 0.2) is 0 Å². The fraction of sp³-hybridized carbons (Fsp3) is 1.00. The zero-order chi connectivity index (χ0) is 8.81. The maximum absolute atomic E-state index is 8.37. The third-order valence-electron chi connectivity index (χ3n) is 1.73. The Labute approximate surface area is 72.4 Å². The zero-order valence-electron chi connectivity index (χ0n) is 7.36. The molecule has 2 unspecified atom stereocenters. The van der Waals surface area contributed by atoms with Crippen molar-refractivity contribution in [2.75, 3.05) is 33.0 Å². The Morgan fingerprint density at radius 1 is 1.25 bits per heavy atom. The zero-order valence-corrected chi connectivity index (χ0v) is 7.36. The molecule has 1 N–H and O–H groups in total. The second kappa shape index (κ2) is 5.48. The molecule has 1 aliphatic heterocycles. The first-order valence-electron chi connectivity index (χ1n) is 4.26. The van der Waals surface area contributed by atoms with E-state index in [0.29, 0.717) is 38.6 Å². The minimum Gasteiger partial charge on any atom is -0.394 e. The van der Waals surface area contributed by atoms with Gasteiger partial charge in [-0.15, -0.1) is 0 Å². The summed E-state index contributed by atoms with van der Waals surface area (Å²) in [6.45, 7) is 4.26. The van der Waals surface area contributed by atoms with Gasteiger partial charge >= 0.3 is 0 Å². The van der Waals surface area contributed by atoms with Crippen LogP contribution in [0.4, 0.5) is 0 Å². The van der Waals surface area contributed by atoms with Gasteiger partial charge in [0.1, 0.15) is 6.10 Å². The molecular formula is C8H16O4. The van der Waals surface area contributed by atoms with Gasteiger partial charge in [-0.3, -0.25) is 0 Å². The van der Waals surface area contributed by atoms with Crippen molar-refractivity contribution in [3.63, 3.8) is 0 Å². The first-order valence-corrected chi connectivity index (χ1v) is 4.26. The van der Waals surface area contributed by atoms with Crippen molar-refractivity contribution in [2.45, 2.75) is 19.1 Å². The van der Waals surface area contributed by atoms with Crippen molar-refractivity contribution < 1.29 is 19.3 Å². The van der Waals surface area contributed by atoms with E-state index in [1.165, 1.54) is 0 Å². The highest BCUT2D eigenvalue weighted by atomic mass is 16.6. The molecule has 4 heteroatoms. The van der Waals surface area contributed by atoms with E-state index in [2.05, 4.69) is 0 Å². The molecular weight excluding hydrogens is 160 g/mol. The summed E-state index contributed by atoms with van der Waals surface area (Å²) < 4.78 is 15.4. The molecule has 1 saturated heterocycles. The lowest BCUT2D eigenvalue weighted by Crippen LogP contribution is -2.10. The van der Waals surface area contributed by atoms with E-state index in [0.717, 1.165) is 0 Å². The summed E-state index contributed by atoms with van der Waals surface area (Å²) >= 11 is 0. The topological polar surface area (TPSA) is 51.2 Å². The van der Waals surface area contributed by atoms with Gasteiger partial charge in [0.05, 0.1) is 39.1 Å². The summed E-state index contributed by atoms with van der Waals surface area (Å²) in [6.07, 6.45) is 0.659. The molecule has 0 aromatic carbocycles. The van der Waals surface area contributed by atoms with Gasteiger partial charge in [0.25, 0.3) is 0 Å². The Morgan fingerprint density at radius 3 is 2.50 bits per heavy atom. The minimum absolute atomic E-state index is 0.0722. The van der Waals surface area contributed by atoms with Gasteiger partial charge in [-0.2, -0.15) is 0 Å². The van der Waals surface area contributed by atoms with Crippen molar-refractivity contribution in [3.8, 4) is 0 Å². The fourth-order valence-electron chi connectivity index (χ4n) is 0.889. The second-order valence-electron chi connectivity index (χ2n) is 2.79. The maximum atomic E-state index is 8.37. The Hall–Kier alpha value is -0.160. The molecule has 4 nitrogen and oxygen atoms in total. The van der Waals surface area contributed by atoms with Crippen LogP contribution in [0.1, 0.15) is 6.92 Å². The van der Waals surface area contributed by atoms with E-state index in [9.17, 15) is 0 Å². The molecule has 1 rings (SSSR count). The average molecular weight is 176 g/mol. The van der Waals surface area contributed by atoms with Crippen molar-refractivity contribution in [1.29, 1.82) is 0 Å². The van der Waals surface area contributed by atoms with Crippen LogP contribution >= 0.6 is 0 Å². The summed E-state index contributed by atoms with van der Waals surface area (Å²) in [7, 11) is 0. The Kier molecular flexibility index (Phi) is 4.53. The van der Waals surface area contributed by atoms with Crippen LogP contribution in [-0.2, 0) is 14.2 Å². The van der Waals surface area contributed by atoms with Crippen LogP contribution < -0.4 is 0 Å². The van der Waals surface area contributed by atoms with Crippen molar-refractivity contribution in [3.05, 3.63) is 0 Å². The van der Waals surface area contributed by atoms with Gasteiger partial charge in [-0.25, -0.2) is 0 Å². The molecule has 0 spiro atoms. The van der Waals surface area contributed by atoms with E-state index in [1.807, 2.05) is 6.92 Å². The normalized spacial score (nSPS) is 27.5. The molecule has 0 amide bonds. The molecule has 72 valence electrons. The smallest absolute Gasteiger partial charge is 0.107 e. The molecule has 12 heavy (non-hydrogen) atoms. The fourth-order valence-corrected chi connectivity index (χ4v) is 0.889. The van der Waals surface area contributed by atoms with Gasteiger partial charge in [-0.1, -0.05) is 0 Å². The largest absolute Gasteiger partial charge is 0.394 e. The predicted molar refractivity (Wildman–Crippen MR) is 43.1 cm³/mol.